The molecule has 1 atom stereocenters. The van der Waals surface area contributed by atoms with E-state index in [1.165, 1.54) is 0 Å². The Balaban J connectivity index is 2.16. The van der Waals surface area contributed by atoms with Crippen molar-refractivity contribution in [3.8, 4) is 5.75 Å². The molecule has 1 unspecified atom stereocenters. The molecule has 0 amide bonds. The van der Waals surface area contributed by atoms with Crippen LogP contribution in [0.3, 0.4) is 0 Å². The van der Waals surface area contributed by atoms with Crippen LogP contribution in [0.2, 0.25) is 5.02 Å². The zero-order valence-electron chi connectivity index (χ0n) is 10.7. The Morgan fingerprint density at radius 1 is 1.30 bits per heavy atom. The second-order valence-electron chi connectivity index (χ2n) is 4.36. The van der Waals surface area contributed by atoms with Gasteiger partial charge in [0.15, 0.2) is 0 Å². The lowest BCUT2D eigenvalue weighted by Gasteiger charge is -2.13. The quantitative estimate of drug-likeness (QED) is 0.642. The molecule has 0 aliphatic carbocycles. The summed E-state index contributed by atoms with van der Waals surface area (Å²) in [6, 6.07) is 11.4. The van der Waals surface area contributed by atoms with Gasteiger partial charge in [-0.1, -0.05) is 23.7 Å². The third kappa shape index (κ3) is 3.87. The molecule has 0 heterocycles. The predicted molar refractivity (Wildman–Crippen MR) is 93.5 cm³/mol. The number of ether oxygens (including phenoxy) is 1. The molecule has 2 aromatic rings. The number of aliphatic hydroxyl groups excluding tert-OH is 1. The van der Waals surface area contributed by atoms with E-state index in [-0.39, 0.29) is 0 Å². The number of hydrogen-bond donors (Lipinski definition) is 1. The molecule has 0 fully saturated rings. The standard InChI is InChI=1S/C15H13BrClIO2/c1-20-15-5-2-9(6-11(15)16)7-14(19)10-3-4-13(18)12(17)8-10/h2-6,8,14,19H,7H2,1H3. The Labute approximate surface area is 145 Å². The van der Waals surface area contributed by atoms with Crippen LogP contribution in [-0.4, -0.2) is 12.2 Å². The molecular formula is C15H13BrClIO2. The molecule has 5 heteroatoms. The third-order valence-electron chi connectivity index (χ3n) is 2.97. The van der Waals surface area contributed by atoms with E-state index in [1.807, 2.05) is 36.4 Å². The minimum atomic E-state index is -0.579. The molecule has 0 saturated heterocycles. The van der Waals surface area contributed by atoms with Crippen LogP contribution in [0.4, 0.5) is 0 Å². The first-order chi connectivity index (χ1) is 9.51. The highest BCUT2D eigenvalue weighted by Crippen LogP contribution is 2.29. The summed E-state index contributed by atoms with van der Waals surface area (Å²) in [6.45, 7) is 0. The normalized spacial score (nSPS) is 12.2. The lowest BCUT2D eigenvalue weighted by atomic mass is 10.0. The molecule has 0 radical (unpaired) electrons. The zero-order chi connectivity index (χ0) is 14.7. The van der Waals surface area contributed by atoms with Crippen molar-refractivity contribution >= 4 is 50.1 Å². The fourth-order valence-electron chi connectivity index (χ4n) is 1.90. The van der Waals surface area contributed by atoms with Gasteiger partial charge in [-0.3, -0.25) is 0 Å². The number of benzene rings is 2. The van der Waals surface area contributed by atoms with E-state index < -0.39 is 6.10 Å². The third-order valence-corrected chi connectivity index (χ3v) is 5.17. The molecule has 2 nitrogen and oxygen atoms in total. The molecular weight excluding hydrogens is 454 g/mol. The van der Waals surface area contributed by atoms with Crippen molar-refractivity contribution < 1.29 is 9.84 Å². The summed E-state index contributed by atoms with van der Waals surface area (Å²) in [4.78, 5) is 0. The maximum atomic E-state index is 10.3. The maximum absolute atomic E-state index is 10.3. The Morgan fingerprint density at radius 2 is 2.05 bits per heavy atom. The molecule has 1 N–H and O–H groups in total. The minimum Gasteiger partial charge on any atom is -0.496 e. The van der Waals surface area contributed by atoms with Crippen molar-refractivity contribution in [3.05, 3.63) is 60.6 Å². The first kappa shape index (κ1) is 16.1. The SMILES string of the molecule is COc1ccc(CC(O)c2ccc(I)c(Cl)c2)cc1Br. The molecule has 0 aliphatic rings. The second kappa shape index (κ2) is 7.11. The molecule has 0 bridgehead atoms. The fraction of sp³-hybridized carbons (Fsp3) is 0.200. The van der Waals surface area contributed by atoms with E-state index >= 15 is 0 Å². The van der Waals surface area contributed by atoms with E-state index in [1.54, 1.807) is 7.11 Å². The number of halogens is 3. The first-order valence-electron chi connectivity index (χ1n) is 5.96. The van der Waals surface area contributed by atoms with Crippen LogP contribution in [0, 0.1) is 3.57 Å². The van der Waals surface area contributed by atoms with Gasteiger partial charge in [-0.05, 0) is 73.9 Å². The van der Waals surface area contributed by atoms with Crippen molar-refractivity contribution in [1.29, 1.82) is 0 Å². The molecule has 0 saturated carbocycles. The van der Waals surface area contributed by atoms with E-state index in [0.717, 1.165) is 24.9 Å². The van der Waals surface area contributed by atoms with Crippen LogP contribution in [-0.2, 0) is 6.42 Å². The summed E-state index contributed by atoms with van der Waals surface area (Å²) in [6.07, 6.45) is -0.0516. The number of rotatable bonds is 4. The molecule has 0 spiro atoms. The van der Waals surface area contributed by atoms with Gasteiger partial charge in [-0.2, -0.15) is 0 Å². The van der Waals surface area contributed by atoms with E-state index in [9.17, 15) is 5.11 Å². The van der Waals surface area contributed by atoms with Gasteiger partial charge in [-0.15, -0.1) is 0 Å². The summed E-state index contributed by atoms with van der Waals surface area (Å²) < 4.78 is 7.05. The van der Waals surface area contributed by atoms with E-state index in [4.69, 9.17) is 16.3 Å². The molecule has 106 valence electrons. The average molecular weight is 468 g/mol. The van der Waals surface area contributed by atoms with Gasteiger partial charge < -0.3 is 9.84 Å². The van der Waals surface area contributed by atoms with Crippen LogP contribution in [0.5, 0.6) is 5.75 Å². The molecule has 20 heavy (non-hydrogen) atoms. The van der Waals surface area contributed by atoms with Gasteiger partial charge in [0.1, 0.15) is 5.75 Å². The summed E-state index contributed by atoms with van der Waals surface area (Å²) in [5.74, 6) is 0.778. The highest BCUT2D eigenvalue weighted by molar-refractivity contribution is 14.1. The number of aliphatic hydroxyl groups is 1. The van der Waals surface area contributed by atoms with Gasteiger partial charge >= 0.3 is 0 Å². The van der Waals surface area contributed by atoms with E-state index in [0.29, 0.717) is 11.4 Å². The van der Waals surface area contributed by atoms with Crippen molar-refractivity contribution in [3.63, 3.8) is 0 Å². The van der Waals surface area contributed by atoms with Gasteiger partial charge in [-0.25, -0.2) is 0 Å². The molecule has 2 aromatic carbocycles. The van der Waals surface area contributed by atoms with Crippen molar-refractivity contribution in [2.45, 2.75) is 12.5 Å². The highest BCUT2D eigenvalue weighted by Gasteiger charge is 2.11. The van der Waals surface area contributed by atoms with Gasteiger partial charge in [0.25, 0.3) is 0 Å². The van der Waals surface area contributed by atoms with Gasteiger partial charge in [0.2, 0.25) is 0 Å². The zero-order valence-corrected chi connectivity index (χ0v) is 15.2. The minimum absolute atomic E-state index is 0.527. The second-order valence-corrected chi connectivity index (χ2v) is 6.79. The fourth-order valence-corrected chi connectivity index (χ4v) is 3.01. The molecule has 2 rings (SSSR count). The van der Waals surface area contributed by atoms with E-state index in [2.05, 4.69) is 38.5 Å². The van der Waals surface area contributed by atoms with Crippen LogP contribution in [0.25, 0.3) is 0 Å². The summed E-state index contributed by atoms with van der Waals surface area (Å²) in [7, 11) is 1.63. The molecule has 0 aliphatic heterocycles. The molecule has 0 aromatic heterocycles. The summed E-state index contributed by atoms with van der Waals surface area (Å²) >= 11 is 11.7. The van der Waals surface area contributed by atoms with Gasteiger partial charge in [0, 0.05) is 9.99 Å². The number of hydrogen-bond acceptors (Lipinski definition) is 2. The number of methoxy groups -OCH3 is 1. The Bertz CT molecular complexity index is 619. The van der Waals surface area contributed by atoms with Crippen molar-refractivity contribution in [2.24, 2.45) is 0 Å². The topological polar surface area (TPSA) is 29.5 Å². The Kier molecular flexibility index (Phi) is 5.72. The van der Waals surface area contributed by atoms with Crippen molar-refractivity contribution in [1.82, 2.24) is 0 Å². The predicted octanol–water partition coefficient (Wildman–Crippen LogP) is 4.99. The van der Waals surface area contributed by atoms with Crippen LogP contribution < -0.4 is 4.74 Å². The Hall–Kier alpha value is -0.300. The largest absolute Gasteiger partial charge is 0.496 e. The Morgan fingerprint density at radius 3 is 2.65 bits per heavy atom. The lowest BCUT2D eigenvalue weighted by Crippen LogP contribution is -2.02. The summed E-state index contributed by atoms with van der Waals surface area (Å²) in [5, 5.41) is 11.0. The lowest BCUT2D eigenvalue weighted by molar-refractivity contribution is 0.178. The van der Waals surface area contributed by atoms with Crippen molar-refractivity contribution in [2.75, 3.05) is 7.11 Å². The monoisotopic (exact) mass is 466 g/mol. The van der Waals surface area contributed by atoms with Crippen LogP contribution in [0.1, 0.15) is 17.2 Å². The smallest absolute Gasteiger partial charge is 0.133 e. The summed E-state index contributed by atoms with van der Waals surface area (Å²) in [5.41, 5.74) is 1.85. The van der Waals surface area contributed by atoms with Crippen LogP contribution >= 0.6 is 50.1 Å². The first-order valence-corrected chi connectivity index (χ1v) is 8.21. The maximum Gasteiger partial charge on any atom is 0.133 e. The van der Waals surface area contributed by atoms with Crippen LogP contribution in [0.15, 0.2) is 40.9 Å². The average Bonchev–Trinajstić information content (AvgIpc) is 2.42. The van der Waals surface area contributed by atoms with Gasteiger partial charge in [0.05, 0.1) is 22.7 Å². The highest BCUT2D eigenvalue weighted by atomic mass is 127.